The van der Waals surface area contributed by atoms with Gasteiger partial charge in [-0.3, -0.25) is 4.90 Å². The van der Waals surface area contributed by atoms with E-state index in [-0.39, 0.29) is 41.2 Å². The fourth-order valence-electron chi connectivity index (χ4n) is 5.54. The standard InChI is InChI=1S/C20H21ClF3N5O2/c21-16-14(24)15-13-17(29-5-2-11(23)12(29)8-30-18(13)26-16)27-19(25-15)31-9-20-3-1-4-28(20)7-10(22)6-20/h10-12H,1-9H2/t10-,11?,12?,20+/m1/s1. The van der Waals surface area contributed by atoms with Crippen LogP contribution >= 0.6 is 11.6 Å². The summed E-state index contributed by atoms with van der Waals surface area (Å²) < 4.78 is 55.1. The van der Waals surface area contributed by atoms with Gasteiger partial charge in [-0.05, 0) is 25.8 Å². The minimum atomic E-state index is -1.10. The Bertz CT molecular complexity index is 1060. The highest BCUT2D eigenvalue weighted by molar-refractivity contribution is 6.30. The lowest BCUT2D eigenvalue weighted by molar-refractivity contribution is 0.107. The van der Waals surface area contributed by atoms with Gasteiger partial charge in [0, 0.05) is 19.5 Å². The van der Waals surface area contributed by atoms with Gasteiger partial charge < -0.3 is 14.4 Å². The number of rotatable bonds is 3. The molecule has 4 aliphatic rings. The van der Waals surface area contributed by atoms with Crippen LogP contribution in [0.2, 0.25) is 5.15 Å². The highest BCUT2D eigenvalue weighted by atomic mass is 35.5. The number of ether oxygens (including phenoxy) is 2. The summed E-state index contributed by atoms with van der Waals surface area (Å²) in [6.07, 6.45) is 0.532. The summed E-state index contributed by atoms with van der Waals surface area (Å²) in [6.45, 7) is 1.89. The summed E-state index contributed by atoms with van der Waals surface area (Å²) in [6, 6.07) is -0.603. The van der Waals surface area contributed by atoms with Gasteiger partial charge in [0.1, 0.15) is 42.3 Å². The molecule has 0 amide bonds. The Balaban J connectivity index is 1.42. The Morgan fingerprint density at radius 2 is 2.10 bits per heavy atom. The summed E-state index contributed by atoms with van der Waals surface area (Å²) in [5.41, 5.74) is -0.470. The molecule has 0 bridgehead atoms. The molecule has 0 saturated carbocycles. The number of pyridine rings is 1. The molecule has 2 aromatic heterocycles. The summed E-state index contributed by atoms with van der Waals surface area (Å²) in [5, 5.41) is -0.121. The predicted molar refractivity (Wildman–Crippen MR) is 107 cm³/mol. The maximum Gasteiger partial charge on any atom is 0.319 e. The average Bonchev–Trinajstić information content (AvgIpc) is 3.36. The Labute approximate surface area is 181 Å². The van der Waals surface area contributed by atoms with Crippen LogP contribution in [-0.2, 0) is 0 Å². The molecule has 2 unspecified atom stereocenters. The molecule has 6 rings (SSSR count). The van der Waals surface area contributed by atoms with E-state index in [2.05, 4.69) is 19.9 Å². The Kier molecular flexibility index (Phi) is 4.40. The lowest BCUT2D eigenvalue weighted by Crippen LogP contribution is -2.43. The summed E-state index contributed by atoms with van der Waals surface area (Å²) in [5.74, 6) is -0.394. The maximum atomic E-state index is 14.9. The van der Waals surface area contributed by atoms with Crippen LogP contribution < -0.4 is 14.4 Å². The van der Waals surface area contributed by atoms with E-state index in [9.17, 15) is 13.2 Å². The van der Waals surface area contributed by atoms with E-state index in [0.717, 1.165) is 19.4 Å². The number of fused-ring (bicyclic) bond motifs is 3. The highest BCUT2D eigenvalue weighted by Crippen LogP contribution is 2.43. The number of halogens is 4. The van der Waals surface area contributed by atoms with Crippen LogP contribution in [0.1, 0.15) is 25.7 Å². The second-order valence-corrected chi connectivity index (χ2v) is 9.17. The Morgan fingerprint density at radius 1 is 1.23 bits per heavy atom. The minimum absolute atomic E-state index is 0.0406. The van der Waals surface area contributed by atoms with Gasteiger partial charge in [-0.2, -0.15) is 15.0 Å². The third-order valence-electron chi connectivity index (χ3n) is 7.03. The quantitative estimate of drug-likeness (QED) is 0.659. The number of nitrogens with zero attached hydrogens (tertiary/aromatic N) is 5. The maximum absolute atomic E-state index is 14.9. The van der Waals surface area contributed by atoms with Crippen molar-refractivity contribution in [1.29, 1.82) is 0 Å². The smallest absolute Gasteiger partial charge is 0.319 e. The molecule has 11 heteroatoms. The van der Waals surface area contributed by atoms with Gasteiger partial charge in [-0.25, -0.2) is 13.2 Å². The van der Waals surface area contributed by atoms with E-state index in [1.54, 1.807) is 4.90 Å². The van der Waals surface area contributed by atoms with Gasteiger partial charge in [0.25, 0.3) is 0 Å². The molecule has 0 spiro atoms. The van der Waals surface area contributed by atoms with Gasteiger partial charge in [0.15, 0.2) is 11.0 Å². The van der Waals surface area contributed by atoms with Crippen molar-refractivity contribution >= 4 is 28.3 Å². The van der Waals surface area contributed by atoms with Crippen LogP contribution in [0.5, 0.6) is 11.9 Å². The van der Waals surface area contributed by atoms with Gasteiger partial charge in [-0.1, -0.05) is 11.6 Å². The summed E-state index contributed by atoms with van der Waals surface area (Å²) in [7, 11) is 0. The number of alkyl halides is 2. The lowest BCUT2D eigenvalue weighted by atomic mass is 9.95. The summed E-state index contributed by atoms with van der Waals surface area (Å²) in [4.78, 5) is 16.6. The van der Waals surface area contributed by atoms with E-state index in [0.29, 0.717) is 31.7 Å². The largest absolute Gasteiger partial charge is 0.475 e. The first kappa shape index (κ1) is 19.6. The number of hydrogen-bond acceptors (Lipinski definition) is 7. The molecule has 6 heterocycles. The van der Waals surface area contributed by atoms with Crippen LogP contribution in [0.15, 0.2) is 0 Å². The van der Waals surface area contributed by atoms with E-state index >= 15 is 0 Å². The molecule has 4 atom stereocenters. The second-order valence-electron chi connectivity index (χ2n) is 8.82. The van der Waals surface area contributed by atoms with Crippen molar-refractivity contribution in [1.82, 2.24) is 19.9 Å². The highest BCUT2D eigenvalue weighted by Gasteiger charge is 2.49. The topological polar surface area (TPSA) is 63.6 Å². The van der Waals surface area contributed by atoms with Crippen molar-refractivity contribution in [3.8, 4) is 11.9 Å². The fraction of sp³-hybridized carbons (Fsp3) is 0.650. The fourth-order valence-corrected chi connectivity index (χ4v) is 5.70. The lowest BCUT2D eigenvalue weighted by Gasteiger charge is -2.31. The van der Waals surface area contributed by atoms with Crippen molar-refractivity contribution < 1.29 is 22.6 Å². The second kappa shape index (κ2) is 6.96. The molecule has 3 saturated heterocycles. The molecule has 2 aromatic rings. The number of anilines is 1. The van der Waals surface area contributed by atoms with E-state index in [4.69, 9.17) is 21.1 Å². The van der Waals surface area contributed by atoms with Crippen LogP contribution in [0.25, 0.3) is 10.9 Å². The third kappa shape index (κ3) is 2.94. The molecule has 0 N–H and O–H groups in total. The van der Waals surface area contributed by atoms with Gasteiger partial charge in [0.05, 0.1) is 11.6 Å². The van der Waals surface area contributed by atoms with Gasteiger partial charge >= 0.3 is 6.01 Å². The van der Waals surface area contributed by atoms with Crippen molar-refractivity contribution in [3.05, 3.63) is 11.0 Å². The van der Waals surface area contributed by atoms with Crippen molar-refractivity contribution in [2.24, 2.45) is 0 Å². The zero-order chi connectivity index (χ0) is 21.3. The van der Waals surface area contributed by atoms with Gasteiger partial charge in [0.2, 0.25) is 5.88 Å². The van der Waals surface area contributed by atoms with Gasteiger partial charge in [-0.15, -0.1) is 0 Å². The van der Waals surface area contributed by atoms with Crippen molar-refractivity contribution in [3.63, 3.8) is 0 Å². The van der Waals surface area contributed by atoms with E-state index < -0.39 is 29.7 Å². The first-order valence-electron chi connectivity index (χ1n) is 10.6. The SMILES string of the molecule is Fc1c(Cl)nc2c3c(nc(OC[C@@]45CCCN4C[C@H](F)C5)nc13)N1CCC(F)C1CO2. The molecule has 4 aliphatic heterocycles. The molecule has 0 aromatic carbocycles. The molecule has 0 radical (unpaired) electrons. The molecule has 7 nitrogen and oxygen atoms in total. The molecular weight excluding hydrogens is 435 g/mol. The van der Waals surface area contributed by atoms with Crippen LogP contribution in [-0.4, -0.2) is 76.6 Å². The zero-order valence-corrected chi connectivity index (χ0v) is 17.4. The predicted octanol–water partition coefficient (Wildman–Crippen LogP) is 3.08. The molecule has 31 heavy (non-hydrogen) atoms. The van der Waals surface area contributed by atoms with Crippen LogP contribution in [0, 0.1) is 5.82 Å². The van der Waals surface area contributed by atoms with Crippen molar-refractivity contribution in [2.45, 2.75) is 49.6 Å². The van der Waals surface area contributed by atoms with Crippen LogP contribution in [0.3, 0.4) is 0 Å². The first-order chi connectivity index (χ1) is 14.9. The van der Waals surface area contributed by atoms with Crippen LogP contribution in [0.4, 0.5) is 19.0 Å². The molecule has 166 valence electrons. The molecular formula is C20H21ClF3N5O2. The Hall–Kier alpha value is -2.07. The monoisotopic (exact) mass is 455 g/mol. The molecule has 3 fully saturated rings. The van der Waals surface area contributed by atoms with Crippen molar-refractivity contribution in [2.75, 3.05) is 37.7 Å². The molecule has 0 aliphatic carbocycles. The summed E-state index contributed by atoms with van der Waals surface area (Å²) >= 11 is 5.97. The Morgan fingerprint density at radius 3 is 2.97 bits per heavy atom. The number of aromatic nitrogens is 3. The first-order valence-corrected chi connectivity index (χ1v) is 11.0. The number of hydrogen-bond donors (Lipinski definition) is 0. The van der Waals surface area contributed by atoms with E-state index in [1.807, 2.05) is 0 Å². The zero-order valence-electron chi connectivity index (χ0n) is 16.7. The average molecular weight is 456 g/mol. The normalized spacial score (nSPS) is 32.1. The van der Waals surface area contributed by atoms with E-state index in [1.165, 1.54) is 0 Å². The third-order valence-corrected chi connectivity index (χ3v) is 7.28. The minimum Gasteiger partial charge on any atom is -0.475 e.